The van der Waals surface area contributed by atoms with E-state index in [4.69, 9.17) is 0 Å². The van der Waals surface area contributed by atoms with Crippen molar-refractivity contribution >= 4 is 5.91 Å². The molecule has 4 heteroatoms. The molecule has 0 saturated carbocycles. The van der Waals surface area contributed by atoms with Crippen molar-refractivity contribution in [3.63, 3.8) is 0 Å². The van der Waals surface area contributed by atoms with Gasteiger partial charge in [-0.15, -0.1) is 0 Å². The summed E-state index contributed by atoms with van der Waals surface area (Å²) in [5.41, 5.74) is 4.10. The second kappa shape index (κ2) is 7.59. The second-order valence-electron chi connectivity index (χ2n) is 5.83. The Labute approximate surface area is 142 Å². The van der Waals surface area contributed by atoms with Crippen molar-refractivity contribution in [2.45, 2.75) is 19.9 Å². The Bertz CT molecular complexity index is 791. The minimum atomic E-state index is -0.0359. The molecule has 1 aromatic heterocycles. The third kappa shape index (κ3) is 4.10. The molecule has 24 heavy (non-hydrogen) atoms. The highest BCUT2D eigenvalue weighted by molar-refractivity contribution is 5.94. The van der Waals surface area contributed by atoms with Crippen LogP contribution in [0.1, 0.15) is 22.3 Å². The van der Waals surface area contributed by atoms with Crippen molar-refractivity contribution in [1.82, 2.24) is 15.1 Å². The van der Waals surface area contributed by atoms with Crippen molar-refractivity contribution in [3.8, 4) is 11.1 Å². The number of rotatable bonds is 6. The molecule has 0 fully saturated rings. The van der Waals surface area contributed by atoms with Crippen LogP contribution in [0.3, 0.4) is 0 Å². The maximum atomic E-state index is 12.2. The van der Waals surface area contributed by atoms with Crippen LogP contribution in [0.25, 0.3) is 11.1 Å². The SMILES string of the molecule is Cc1cnn(CCCNC(=O)c2ccc(-c3ccccc3)cc2)c1. The molecule has 2 aromatic carbocycles. The molecular formula is C20H21N3O. The van der Waals surface area contributed by atoms with Crippen molar-refractivity contribution < 1.29 is 4.79 Å². The molecule has 0 aliphatic heterocycles. The molecule has 4 nitrogen and oxygen atoms in total. The Morgan fingerprint density at radius 2 is 1.75 bits per heavy atom. The summed E-state index contributed by atoms with van der Waals surface area (Å²) in [4.78, 5) is 12.2. The fourth-order valence-electron chi connectivity index (χ4n) is 2.58. The van der Waals surface area contributed by atoms with E-state index in [1.165, 1.54) is 0 Å². The number of amides is 1. The number of nitrogens with one attached hydrogen (secondary N) is 1. The van der Waals surface area contributed by atoms with Gasteiger partial charge >= 0.3 is 0 Å². The van der Waals surface area contributed by atoms with Gasteiger partial charge in [-0.25, -0.2) is 0 Å². The third-order valence-corrected chi connectivity index (χ3v) is 3.87. The molecule has 1 amide bonds. The first kappa shape index (κ1) is 16.0. The topological polar surface area (TPSA) is 46.9 Å². The highest BCUT2D eigenvalue weighted by Crippen LogP contribution is 2.19. The van der Waals surface area contributed by atoms with Gasteiger partial charge < -0.3 is 5.32 Å². The Kier molecular flexibility index (Phi) is 5.06. The molecule has 0 radical (unpaired) electrons. The summed E-state index contributed by atoms with van der Waals surface area (Å²) in [6.45, 7) is 3.46. The lowest BCUT2D eigenvalue weighted by atomic mass is 10.0. The van der Waals surface area contributed by atoms with E-state index in [9.17, 15) is 4.79 Å². The van der Waals surface area contributed by atoms with Crippen LogP contribution in [0.4, 0.5) is 0 Å². The standard InChI is InChI=1S/C20H21N3O/c1-16-14-22-23(15-16)13-5-12-21-20(24)19-10-8-18(9-11-19)17-6-3-2-4-7-17/h2-4,6-11,14-15H,5,12-13H2,1H3,(H,21,24). The van der Waals surface area contributed by atoms with Gasteiger partial charge in [0.2, 0.25) is 0 Å². The smallest absolute Gasteiger partial charge is 0.251 e. The molecule has 122 valence electrons. The maximum Gasteiger partial charge on any atom is 0.251 e. The van der Waals surface area contributed by atoms with Crippen molar-refractivity contribution in [1.29, 1.82) is 0 Å². The van der Waals surface area contributed by atoms with Crippen LogP contribution >= 0.6 is 0 Å². The van der Waals surface area contributed by atoms with Gasteiger partial charge in [0.15, 0.2) is 0 Å². The second-order valence-corrected chi connectivity index (χ2v) is 5.83. The van der Waals surface area contributed by atoms with Gasteiger partial charge in [-0.2, -0.15) is 5.10 Å². The van der Waals surface area contributed by atoms with Crippen LogP contribution in [0.15, 0.2) is 67.0 Å². The molecule has 0 unspecified atom stereocenters. The number of aromatic nitrogens is 2. The number of hydrogen-bond donors (Lipinski definition) is 1. The van der Waals surface area contributed by atoms with Crippen molar-refractivity contribution in [3.05, 3.63) is 78.1 Å². The average molecular weight is 319 g/mol. The summed E-state index contributed by atoms with van der Waals surface area (Å²) in [7, 11) is 0. The monoisotopic (exact) mass is 319 g/mol. The van der Waals surface area contributed by atoms with E-state index >= 15 is 0 Å². The van der Waals surface area contributed by atoms with Crippen LogP contribution in [0.2, 0.25) is 0 Å². The van der Waals surface area contributed by atoms with E-state index < -0.39 is 0 Å². The molecule has 0 aliphatic rings. The number of carbonyl (C=O) groups is 1. The Balaban J connectivity index is 1.50. The van der Waals surface area contributed by atoms with Crippen molar-refractivity contribution in [2.24, 2.45) is 0 Å². The van der Waals surface area contributed by atoms with Crippen LogP contribution in [-0.4, -0.2) is 22.2 Å². The van der Waals surface area contributed by atoms with Crippen LogP contribution < -0.4 is 5.32 Å². The fraction of sp³-hybridized carbons (Fsp3) is 0.200. The van der Waals surface area contributed by atoms with Gasteiger partial charge in [-0.05, 0) is 42.2 Å². The summed E-state index contributed by atoms with van der Waals surface area (Å²) in [6.07, 6.45) is 4.70. The first-order valence-corrected chi connectivity index (χ1v) is 8.15. The van der Waals surface area contributed by atoms with Gasteiger partial charge in [0.1, 0.15) is 0 Å². The van der Waals surface area contributed by atoms with E-state index in [0.717, 1.165) is 29.7 Å². The van der Waals surface area contributed by atoms with Gasteiger partial charge in [-0.1, -0.05) is 42.5 Å². The lowest BCUT2D eigenvalue weighted by Crippen LogP contribution is -2.25. The minimum absolute atomic E-state index is 0.0359. The zero-order chi connectivity index (χ0) is 16.8. The lowest BCUT2D eigenvalue weighted by Gasteiger charge is -2.07. The number of carbonyl (C=O) groups excluding carboxylic acids is 1. The molecule has 0 spiro atoms. The molecule has 0 aliphatic carbocycles. The van der Waals surface area contributed by atoms with Crippen molar-refractivity contribution in [2.75, 3.05) is 6.54 Å². The number of nitrogens with zero attached hydrogens (tertiary/aromatic N) is 2. The van der Waals surface area contributed by atoms with Crippen LogP contribution in [0.5, 0.6) is 0 Å². The van der Waals surface area contributed by atoms with E-state index in [0.29, 0.717) is 12.1 Å². The molecular weight excluding hydrogens is 298 g/mol. The van der Waals surface area contributed by atoms with E-state index in [1.807, 2.05) is 66.5 Å². The summed E-state index contributed by atoms with van der Waals surface area (Å²) in [5, 5.41) is 7.19. The van der Waals surface area contributed by atoms with E-state index in [2.05, 4.69) is 22.5 Å². The Morgan fingerprint density at radius 3 is 2.42 bits per heavy atom. The normalized spacial score (nSPS) is 10.5. The number of aryl methyl sites for hydroxylation is 2. The average Bonchev–Trinajstić information content (AvgIpc) is 3.05. The first-order valence-electron chi connectivity index (χ1n) is 8.15. The maximum absolute atomic E-state index is 12.2. The zero-order valence-electron chi connectivity index (χ0n) is 13.8. The van der Waals surface area contributed by atoms with E-state index in [1.54, 1.807) is 0 Å². The molecule has 1 heterocycles. The van der Waals surface area contributed by atoms with Gasteiger partial charge in [0.05, 0.1) is 6.20 Å². The first-order chi connectivity index (χ1) is 11.7. The quantitative estimate of drug-likeness (QED) is 0.705. The largest absolute Gasteiger partial charge is 0.352 e. The highest BCUT2D eigenvalue weighted by Gasteiger charge is 2.05. The molecule has 0 saturated heterocycles. The molecule has 3 rings (SSSR count). The molecule has 3 aromatic rings. The van der Waals surface area contributed by atoms with Crippen LogP contribution in [0, 0.1) is 6.92 Å². The zero-order valence-corrected chi connectivity index (χ0v) is 13.8. The summed E-state index contributed by atoms with van der Waals surface area (Å²) in [6, 6.07) is 17.8. The summed E-state index contributed by atoms with van der Waals surface area (Å²) in [5.74, 6) is -0.0359. The number of benzene rings is 2. The van der Waals surface area contributed by atoms with Gasteiger partial charge in [-0.3, -0.25) is 9.48 Å². The van der Waals surface area contributed by atoms with E-state index in [-0.39, 0.29) is 5.91 Å². The Morgan fingerprint density at radius 1 is 1.04 bits per heavy atom. The number of hydrogen-bond acceptors (Lipinski definition) is 2. The minimum Gasteiger partial charge on any atom is -0.352 e. The lowest BCUT2D eigenvalue weighted by molar-refractivity contribution is 0.0952. The predicted octanol–water partition coefficient (Wildman–Crippen LogP) is 3.68. The fourth-order valence-corrected chi connectivity index (χ4v) is 2.58. The summed E-state index contributed by atoms with van der Waals surface area (Å²) >= 11 is 0. The molecule has 0 atom stereocenters. The van der Waals surface area contributed by atoms with Crippen LogP contribution in [-0.2, 0) is 6.54 Å². The summed E-state index contributed by atoms with van der Waals surface area (Å²) < 4.78 is 1.90. The molecule has 1 N–H and O–H groups in total. The van der Waals surface area contributed by atoms with Gasteiger partial charge in [0.25, 0.3) is 5.91 Å². The third-order valence-electron chi connectivity index (χ3n) is 3.87. The molecule has 0 bridgehead atoms. The predicted molar refractivity (Wildman–Crippen MR) is 95.8 cm³/mol. The Hall–Kier alpha value is -2.88. The highest BCUT2D eigenvalue weighted by atomic mass is 16.1. The van der Waals surface area contributed by atoms with Gasteiger partial charge in [0, 0.05) is 24.8 Å².